The van der Waals surface area contributed by atoms with Crippen LogP contribution in [0.2, 0.25) is 0 Å². The zero-order valence-electron chi connectivity index (χ0n) is 24.4. The molecule has 3 aliphatic heterocycles. The third-order valence-corrected chi connectivity index (χ3v) is 11.7. The van der Waals surface area contributed by atoms with Gasteiger partial charge in [-0.3, -0.25) is 14.4 Å². The van der Waals surface area contributed by atoms with Crippen molar-refractivity contribution >= 4 is 45.5 Å². The van der Waals surface area contributed by atoms with E-state index < -0.39 is 40.2 Å². The Labute approximate surface area is 251 Å². The lowest BCUT2D eigenvalue weighted by atomic mass is 9.70. The molecule has 1 spiro atoms. The first kappa shape index (κ1) is 31.1. The minimum atomic E-state index is -0.865. The van der Waals surface area contributed by atoms with Crippen LogP contribution in [-0.2, 0) is 19.1 Å². The van der Waals surface area contributed by atoms with Crippen molar-refractivity contribution in [3.63, 3.8) is 0 Å². The number of nitrogens with zero attached hydrogens (tertiary/aromatic N) is 2. The minimum Gasteiger partial charge on any atom is -0.466 e. The largest absolute Gasteiger partial charge is 0.466 e. The van der Waals surface area contributed by atoms with Gasteiger partial charge < -0.3 is 19.6 Å². The average molecular weight is 636 g/mol. The molecule has 220 valence electrons. The van der Waals surface area contributed by atoms with Gasteiger partial charge in [0.2, 0.25) is 11.8 Å². The van der Waals surface area contributed by atoms with Gasteiger partial charge in [-0.1, -0.05) is 73.1 Å². The number of carbonyl (C=O) groups excluding carboxylic acids is 3. The number of fused-ring (bicyclic) bond motifs is 1. The van der Waals surface area contributed by atoms with E-state index in [0.29, 0.717) is 13.0 Å². The Morgan fingerprint density at radius 1 is 1.27 bits per heavy atom. The number of thioether (sulfide) groups is 1. The lowest BCUT2D eigenvalue weighted by Crippen LogP contribution is -2.60. The SMILES string of the molecule is C=CCN(C(=O)C1N([C@H](CO)c2ccccc2)C(=O)[C@@H]2[C@@H](C(=O)OCC)[C@@H]3SC12CC3Br)C(C)(C)CC(C)(C)C. The third kappa shape index (κ3) is 5.26. The molecule has 2 amide bonds. The number of hydrogen-bond donors (Lipinski definition) is 1. The molecule has 3 unspecified atom stereocenters. The third-order valence-electron chi connectivity index (χ3n) is 8.48. The van der Waals surface area contributed by atoms with Crippen LogP contribution in [0.4, 0.5) is 0 Å². The number of carbonyl (C=O) groups is 3. The summed E-state index contributed by atoms with van der Waals surface area (Å²) in [5, 5.41) is 10.5. The smallest absolute Gasteiger partial charge is 0.310 e. The molecular formula is C31H43BrN2O5S. The summed E-state index contributed by atoms with van der Waals surface area (Å²) in [7, 11) is 0. The van der Waals surface area contributed by atoms with Gasteiger partial charge in [0.1, 0.15) is 6.04 Å². The molecule has 0 saturated carbocycles. The molecule has 1 N–H and O–H groups in total. The fraction of sp³-hybridized carbons (Fsp3) is 0.645. The summed E-state index contributed by atoms with van der Waals surface area (Å²) in [5.74, 6) is -2.20. The predicted molar refractivity (Wildman–Crippen MR) is 162 cm³/mol. The van der Waals surface area contributed by atoms with E-state index in [0.717, 1.165) is 12.0 Å². The zero-order chi connectivity index (χ0) is 29.6. The molecule has 2 bridgehead atoms. The van der Waals surface area contributed by atoms with Crippen LogP contribution in [0, 0.1) is 17.3 Å². The number of ether oxygens (including phenoxy) is 1. The number of hydrogen-bond acceptors (Lipinski definition) is 6. The Hall–Kier alpha value is -1.84. The number of likely N-dealkylation sites (tertiary alicyclic amines) is 1. The molecule has 3 fully saturated rings. The second-order valence-corrected chi connectivity index (χ2v) is 15.8. The maximum atomic E-state index is 15.0. The Balaban J connectivity index is 1.89. The van der Waals surface area contributed by atoms with E-state index in [-0.39, 0.29) is 40.5 Å². The second-order valence-electron chi connectivity index (χ2n) is 13.1. The molecule has 3 heterocycles. The maximum absolute atomic E-state index is 15.0. The molecule has 7 nitrogen and oxygen atoms in total. The van der Waals surface area contributed by atoms with Crippen LogP contribution in [0.3, 0.4) is 0 Å². The number of aliphatic hydroxyl groups is 1. The molecule has 4 rings (SSSR count). The van der Waals surface area contributed by atoms with Gasteiger partial charge in [0, 0.05) is 22.2 Å². The molecule has 3 aliphatic rings. The molecule has 1 aromatic carbocycles. The maximum Gasteiger partial charge on any atom is 0.310 e. The van der Waals surface area contributed by atoms with Crippen molar-refractivity contribution in [1.82, 2.24) is 9.80 Å². The van der Waals surface area contributed by atoms with Crippen LogP contribution in [0.5, 0.6) is 0 Å². The van der Waals surface area contributed by atoms with Crippen LogP contribution in [0.15, 0.2) is 43.0 Å². The van der Waals surface area contributed by atoms with Crippen LogP contribution in [0.25, 0.3) is 0 Å². The first-order chi connectivity index (χ1) is 18.7. The van der Waals surface area contributed by atoms with E-state index in [1.807, 2.05) is 35.2 Å². The molecule has 40 heavy (non-hydrogen) atoms. The standard InChI is InChI=1S/C31H43BrN2O5S/c1-8-15-33(30(6,7)18-29(3,4)5)27(37)25-31-16-20(32)24(40-31)22(28(38)39-9-2)23(31)26(36)34(25)21(17-35)19-13-11-10-12-14-19/h8,10-14,20-25,35H,1,9,15-18H2,2-7H3/t20?,21-,22-,23+,24-,25?,31?/m1/s1. The summed E-state index contributed by atoms with van der Waals surface area (Å²) >= 11 is 5.38. The lowest BCUT2D eigenvalue weighted by molar-refractivity contribution is -0.154. The number of amides is 2. The molecule has 0 aromatic heterocycles. The van der Waals surface area contributed by atoms with E-state index in [4.69, 9.17) is 4.74 Å². The molecule has 3 saturated heterocycles. The van der Waals surface area contributed by atoms with Crippen LogP contribution in [-0.4, -0.2) is 78.9 Å². The van der Waals surface area contributed by atoms with Crippen molar-refractivity contribution in [2.75, 3.05) is 19.8 Å². The fourth-order valence-electron chi connectivity index (χ4n) is 7.53. The number of aliphatic hydroxyl groups excluding tert-OH is 1. The number of esters is 1. The minimum absolute atomic E-state index is 0.0500. The van der Waals surface area contributed by atoms with E-state index in [1.54, 1.807) is 29.7 Å². The Bertz CT molecular complexity index is 1140. The highest BCUT2D eigenvalue weighted by atomic mass is 79.9. The number of alkyl halides is 1. The summed E-state index contributed by atoms with van der Waals surface area (Å²) in [6.07, 6.45) is 3.03. The molecule has 9 heteroatoms. The Kier molecular flexibility index (Phi) is 8.90. The lowest BCUT2D eigenvalue weighted by Gasteiger charge is -2.46. The normalized spacial score (nSPS) is 30.2. The van der Waals surface area contributed by atoms with E-state index in [2.05, 4.69) is 57.1 Å². The van der Waals surface area contributed by atoms with Gasteiger partial charge in [-0.05, 0) is 44.6 Å². The second kappa shape index (κ2) is 11.4. The highest BCUT2D eigenvalue weighted by Crippen LogP contribution is 2.68. The van der Waals surface area contributed by atoms with Gasteiger partial charge >= 0.3 is 5.97 Å². The topological polar surface area (TPSA) is 87.2 Å². The van der Waals surface area contributed by atoms with Crippen molar-refractivity contribution in [2.45, 2.75) is 86.8 Å². The summed E-state index contributed by atoms with van der Waals surface area (Å²) in [5.41, 5.74) is 0.160. The zero-order valence-corrected chi connectivity index (χ0v) is 26.8. The Morgan fingerprint density at radius 2 is 1.93 bits per heavy atom. The van der Waals surface area contributed by atoms with Crippen LogP contribution in [0.1, 0.15) is 66.0 Å². The van der Waals surface area contributed by atoms with Gasteiger partial charge in [-0.15, -0.1) is 18.3 Å². The van der Waals surface area contributed by atoms with E-state index >= 15 is 0 Å². The number of halogens is 1. The fourth-order valence-corrected chi connectivity index (χ4v) is 11.1. The summed E-state index contributed by atoms with van der Waals surface area (Å²) in [6, 6.07) is 7.75. The Morgan fingerprint density at radius 3 is 2.48 bits per heavy atom. The average Bonchev–Trinajstić information content (AvgIpc) is 3.46. The van der Waals surface area contributed by atoms with Crippen molar-refractivity contribution in [1.29, 1.82) is 0 Å². The quantitative estimate of drug-likeness (QED) is 0.222. The van der Waals surface area contributed by atoms with Gasteiger partial charge in [0.25, 0.3) is 0 Å². The number of benzene rings is 1. The van der Waals surface area contributed by atoms with Gasteiger partial charge in [0.05, 0.1) is 35.8 Å². The summed E-state index contributed by atoms with van der Waals surface area (Å²) in [6.45, 7) is 16.5. The van der Waals surface area contributed by atoms with E-state index in [9.17, 15) is 19.5 Å². The van der Waals surface area contributed by atoms with E-state index in [1.165, 1.54) is 0 Å². The van der Waals surface area contributed by atoms with Crippen molar-refractivity contribution in [3.8, 4) is 0 Å². The number of rotatable bonds is 10. The highest BCUT2D eigenvalue weighted by Gasteiger charge is 2.77. The van der Waals surface area contributed by atoms with Gasteiger partial charge in [-0.25, -0.2) is 0 Å². The van der Waals surface area contributed by atoms with Crippen molar-refractivity contribution in [2.24, 2.45) is 17.3 Å². The monoisotopic (exact) mass is 634 g/mol. The first-order valence-electron chi connectivity index (χ1n) is 14.1. The van der Waals surface area contributed by atoms with Crippen molar-refractivity contribution in [3.05, 3.63) is 48.6 Å². The predicted octanol–water partition coefficient (Wildman–Crippen LogP) is 4.98. The van der Waals surface area contributed by atoms with Crippen molar-refractivity contribution < 1.29 is 24.2 Å². The summed E-state index contributed by atoms with van der Waals surface area (Å²) in [4.78, 5) is 46.2. The highest BCUT2D eigenvalue weighted by molar-refractivity contribution is 9.09. The first-order valence-corrected chi connectivity index (χ1v) is 15.9. The molecule has 0 radical (unpaired) electrons. The molecule has 7 atom stereocenters. The molecular weight excluding hydrogens is 592 g/mol. The van der Waals surface area contributed by atoms with Crippen LogP contribution < -0.4 is 0 Å². The van der Waals surface area contributed by atoms with Crippen LogP contribution >= 0.6 is 27.7 Å². The summed E-state index contributed by atoms with van der Waals surface area (Å²) < 4.78 is 4.65. The van der Waals surface area contributed by atoms with Gasteiger partial charge in [-0.2, -0.15) is 0 Å². The molecule has 0 aliphatic carbocycles. The molecule has 1 aromatic rings. The van der Waals surface area contributed by atoms with Gasteiger partial charge in [0.15, 0.2) is 0 Å².